The standard InChI is InChI=1S/C39H59FN8O6S/c1-27(2)48(28(3)4)36(49)32-19-30(40)10-11-33(32)53-34-20-41-26-42-35(34)45-24-39(25-45)13-17-44(18-14-39)21-29-12-16-47(22-29)55(51,52)46-15-8-9-31(23-46)43-37(50)54-38(5,6)7/h10-11,19-20,26-29,31H,8-9,12-18,21-25H2,1-7H3,(H,43,50)/t29-,31-/m1/s1. The fourth-order valence-electron chi connectivity index (χ4n) is 8.57. The highest BCUT2D eigenvalue weighted by atomic mass is 32.2. The molecular weight excluding hydrogens is 728 g/mol. The first-order valence-electron chi connectivity index (χ1n) is 19.8. The lowest BCUT2D eigenvalue weighted by Gasteiger charge is -2.54. The Morgan fingerprint density at radius 2 is 1.69 bits per heavy atom. The fraction of sp³-hybridized carbons (Fsp3) is 0.692. The van der Waals surface area contributed by atoms with Crippen molar-refractivity contribution in [1.82, 2.24) is 33.7 Å². The van der Waals surface area contributed by atoms with Crippen molar-refractivity contribution in [3.05, 3.63) is 42.1 Å². The van der Waals surface area contributed by atoms with Gasteiger partial charge in [0, 0.05) is 69.4 Å². The minimum absolute atomic E-state index is 0.0811. The Hall–Kier alpha value is -3.60. The molecule has 2 amide bonds. The molecule has 0 aliphatic carbocycles. The Bertz CT molecular complexity index is 1780. The minimum Gasteiger partial charge on any atom is -0.451 e. The smallest absolute Gasteiger partial charge is 0.407 e. The molecule has 4 aliphatic heterocycles. The highest BCUT2D eigenvalue weighted by Gasteiger charge is 2.47. The van der Waals surface area contributed by atoms with Crippen molar-refractivity contribution >= 4 is 28.0 Å². The lowest BCUT2D eigenvalue weighted by Crippen LogP contribution is -2.61. The van der Waals surface area contributed by atoms with Gasteiger partial charge in [0.05, 0.1) is 11.8 Å². The summed E-state index contributed by atoms with van der Waals surface area (Å²) >= 11 is 0. The number of hydrogen-bond donors (Lipinski definition) is 1. The number of carbonyl (C=O) groups excluding carboxylic acids is 2. The van der Waals surface area contributed by atoms with E-state index < -0.39 is 27.7 Å². The number of piperidine rings is 2. The van der Waals surface area contributed by atoms with Gasteiger partial charge in [0.15, 0.2) is 11.6 Å². The molecular formula is C39H59FN8O6S. The van der Waals surface area contributed by atoms with E-state index in [0.29, 0.717) is 44.0 Å². The van der Waals surface area contributed by atoms with Gasteiger partial charge in [-0.05, 0) is 118 Å². The average molecular weight is 787 g/mol. The number of hydrogen-bond acceptors (Lipinski definition) is 10. The molecule has 2 aromatic rings. The second-order valence-corrected chi connectivity index (χ2v) is 19.3. The molecule has 55 heavy (non-hydrogen) atoms. The number of rotatable bonds is 11. The molecule has 2 atom stereocenters. The SMILES string of the molecule is CC(C)N(C(=O)c1cc(F)ccc1Oc1cncnc1N1CC2(CCN(C[C@H]3CCN(S(=O)(=O)N4CCC[C@@H](NC(=O)OC(C)(C)C)C4)C3)CC2)C1)C(C)C. The molecule has 4 aliphatic rings. The Labute approximate surface area is 325 Å². The highest BCUT2D eigenvalue weighted by Crippen LogP contribution is 2.45. The summed E-state index contributed by atoms with van der Waals surface area (Å²) in [6.45, 7) is 19.2. The summed E-state index contributed by atoms with van der Waals surface area (Å²) in [6.07, 6.45) is 6.83. The van der Waals surface area contributed by atoms with Crippen LogP contribution in [0.4, 0.5) is 15.0 Å². The number of halogens is 1. The summed E-state index contributed by atoms with van der Waals surface area (Å²) in [5, 5.41) is 2.86. The third kappa shape index (κ3) is 9.69. The minimum atomic E-state index is -3.63. The molecule has 14 nitrogen and oxygen atoms in total. The molecule has 304 valence electrons. The topological polar surface area (TPSA) is 141 Å². The maximum atomic E-state index is 14.4. The zero-order valence-corrected chi connectivity index (χ0v) is 34.3. The van der Waals surface area contributed by atoms with E-state index in [2.05, 4.69) is 25.1 Å². The summed E-state index contributed by atoms with van der Waals surface area (Å²) < 4.78 is 56.6. The first-order valence-corrected chi connectivity index (χ1v) is 21.1. The molecule has 4 fully saturated rings. The molecule has 16 heteroatoms. The number of alkyl carbamates (subject to hydrolysis) is 1. The Morgan fingerprint density at radius 3 is 2.36 bits per heavy atom. The molecule has 1 aromatic heterocycles. The van der Waals surface area contributed by atoms with Gasteiger partial charge in [-0.25, -0.2) is 19.2 Å². The van der Waals surface area contributed by atoms with Crippen LogP contribution in [0.25, 0.3) is 0 Å². The summed E-state index contributed by atoms with van der Waals surface area (Å²) in [5.41, 5.74) is -0.320. The molecule has 4 saturated heterocycles. The Kier molecular flexibility index (Phi) is 12.3. The van der Waals surface area contributed by atoms with Gasteiger partial charge in [-0.1, -0.05) is 0 Å². The largest absolute Gasteiger partial charge is 0.451 e. The molecule has 1 aromatic carbocycles. The van der Waals surface area contributed by atoms with E-state index in [1.807, 2.05) is 27.7 Å². The van der Waals surface area contributed by atoms with Crippen LogP contribution in [0.15, 0.2) is 30.7 Å². The summed E-state index contributed by atoms with van der Waals surface area (Å²) in [4.78, 5) is 41.0. The van der Waals surface area contributed by atoms with Crippen molar-refractivity contribution in [2.45, 2.75) is 104 Å². The highest BCUT2D eigenvalue weighted by molar-refractivity contribution is 7.86. The number of amides is 2. The molecule has 1 N–H and O–H groups in total. The number of carbonyl (C=O) groups is 2. The van der Waals surface area contributed by atoms with E-state index in [4.69, 9.17) is 9.47 Å². The molecule has 1 spiro atoms. The maximum Gasteiger partial charge on any atom is 0.407 e. The predicted octanol–water partition coefficient (Wildman–Crippen LogP) is 5.13. The van der Waals surface area contributed by atoms with Crippen LogP contribution in [-0.4, -0.2) is 131 Å². The van der Waals surface area contributed by atoms with Crippen molar-refractivity contribution in [3.8, 4) is 11.5 Å². The molecule has 5 heterocycles. The number of aromatic nitrogens is 2. The summed E-state index contributed by atoms with van der Waals surface area (Å²) in [6, 6.07) is 3.56. The monoisotopic (exact) mass is 786 g/mol. The van der Waals surface area contributed by atoms with Gasteiger partial charge >= 0.3 is 6.09 Å². The van der Waals surface area contributed by atoms with Gasteiger partial charge in [-0.2, -0.15) is 17.0 Å². The molecule has 0 bridgehead atoms. The molecule has 0 saturated carbocycles. The van der Waals surface area contributed by atoms with Gasteiger partial charge < -0.3 is 29.5 Å². The first-order chi connectivity index (χ1) is 25.9. The second-order valence-electron chi connectivity index (χ2n) is 17.4. The van der Waals surface area contributed by atoms with Crippen molar-refractivity contribution < 1.29 is 31.9 Å². The number of nitrogens with one attached hydrogen (secondary N) is 1. The third-order valence-corrected chi connectivity index (χ3v) is 13.2. The van der Waals surface area contributed by atoms with Crippen LogP contribution in [0.1, 0.15) is 90.9 Å². The van der Waals surface area contributed by atoms with Crippen LogP contribution < -0.4 is 15.0 Å². The van der Waals surface area contributed by atoms with Crippen LogP contribution >= 0.6 is 0 Å². The van der Waals surface area contributed by atoms with Crippen LogP contribution in [0.2, 0.25) is 0 Å². The van der Waals surface area contributed by atoms with Crippen molar-refractivity contribution in [2.24, 2.45) is 11.3 Å². The van der Waals surface area contributed by atoms with E-state index in [1.54, 1.807) is 36.2 Å². The van der Waals surface area contributed by atoms with Crippen LogP contribution in [0.5, 0.6) is 11.5 Å². The van der Waals surface area contributed by atoms with Gasteiger partial charge in [-0.15, -0.1) is 0 Å². The van der Waals surface area contributed by atoms with E-state index in [1.165, 1.54) is 28.8 Å². The number of ether oxygens (including phenoxy) is 2. The van der Waals surface area contributed by atoms with Crippen molar-refractivity contribution in [3.63, 3.8) is 0 Å². The van der Waals surface area contributed by atoms with Crippen molar-refractivity contribution in [2.75, 3.05) is 63.8 Å². The molecule has 0 unspecified atom stereocenters. The third-order valence-electron chi connectivity index (χ3n) is 11.2. The fourth-order valence-corrected chi connectivity index (χ4v) is 10.4. The van der Waals surface area contributed by atoms with Crippen LogP contribution in [-0.2, 0) is 14.9 Å². The number of benzene rings is 1. The lowest BCUT2D eigenvalue weighted by molar-refractivity contribution is 0.0485. The van der Waals surface area contributed by atoms with E-state index in [9.17, 15) is 22.4 Å². The molecule has 6 rings (SSSR count). The summed E-state index contributed by atoms with van der Waals surface area (Å²) in [5.74, 6) is 0.759. The number of nitrogens with zero attached hydrogens (tertiary/aromatic N) is 7. The quantitative estimate of drug-likeness (QED) is 0.326. The van der Waals surface area contributed by atoms with Crippen LogP contribution in [0, 0.1) is 17.2 Å². The summed E-state index contributed by atoms with van der Waals surface area (Å²) in [7, 11) is -3.63. The van der Waals surface area contributed by atoms with Gasteiger partial charge in [0.25, 0.3) is 16.1 Å². The average Bonchev–Trinajstić information content (AvgIpc) is 3.57. The van der Waals surface area contributed by atoms with Gasteiger partial charge in [0.1, 0.15) is 23.5 Å². The Balaban J connectivity index is 0.999. The zero-order chi connectivity index (χ0) is 39.7. The predicted molar refractivity (Wildman–Crippen MR) is 208 cm³/mol. The van der Waals surface area contributed by atoms with E-state index >= 15 is 0 Å². The zero-order valence-electron chi connectivity index (χ0n) is 33.5. The second kappa shape index (κ2) is 16.5. The Morgan fingerprint density at radius 1 is 1.00 bits per heavy atom. The first kappa shape index (κ1) is 41.0. The van der Waals surface area contributed by atoms with E-state index in [0.717, 1.165) is 52.0 Å². The van der Waals surface area contributed by atoms with Gasteiger partial charge in [-0.3, -0.25) is 4.79 Å². The number of anilines is 1. The molecule has 0 radical (unpaired) electrons. The normalized spacial score (nSPS) is 22.5. The lowest BCUT2D eigenvalue weighted by atomic mass is 9.72. The van der Waals surface area contributed by atoms with Crippen molar-refractivity contribution in [1.29, 1.82) is 0 Å². The van der Waals surface area contributed by atoms with Gasteiger partial charge in [0.2, 0.25) is 0 Å². The van der Waals surface area contributed by atoms with Crippen LogP contribution in [0.3, 0.4) is 0 Å². The maximum absolute atomic E-state index is 14.4. The van der Waals surface area contributed by atoms with E-state index in [-0.39, 0.29) is 53.2 Å². The number of likely N-dealkylation sites (tertiary alicyclic amines) is 1.